The number of anilines is 2. The van der Waals surface area contributed by atoms with Gasteiger partial charge in [0.15, 0.2) is 0 Å². The number of fused-ring (bicyclic) bond motifs is 2. The highest BCUT2D eigenvalue weighted by Gasteiger charge is 2.72. The molecule has 11 nitrogen and oxygen atoms in total. The smallest absolute Gasteiger partial charge is 0.313 e. The Morgan fingerprint density at radius 3 is 2.27 bits per heavy atom. The van der Waals surface area contributed by atoms with Gasteiger partial charge < -0.3 is 34.6 Å². The van der Waals surface area contributed by atoms with E-state index in [1.165, 1.54) is 4.90 Å². The Hall–Kier alpha value is -5.26. The SMILES string of the molecule is CCN(CC)c1ccc(N2CC=C[C@]34O[C@@H]5/C=C\CCC(=O)N[C@H](C)[C@@H](c6ccccc6)OC(=O)[C@@H]5[C@H]3C(=O)N([C@@H](CO)Cc3ccccc3)[C@@H]4C2=O)cc1. The maximum Gasteiger partial charge on any atom is 0.313 e. The van der Waals surface area contributed by atoms with Gasteiger partial charge in [-0.2, -0.15) is 0 Å². The van der Waals surface area contributed by atoms with Crippen molar-refractivity contribution in [1.29, 1.82) is 0 Å². The second-order valence-electron chi connectivity index (χ2n) is 14.7. The third-order valence-corrected chi connectivity index (χ3v) is 11.5. The van der Waals surface area contributed by atoms with Gasteiger partial charge >= 0.3 is 5.97 Å². The summed E-state index contributed by atoms with van der Waals surface area (Å²) in [5.74, 6) is -3.95. The van der Waals surface area contributed by atoms with Crippen LogP contribution in [0.1, 0.15) is 50.8 Å². The summed E-state index contributed by atoms with van der Waals surface area (Å²) < 4.78 is 13.3. The Morgan fingerprint density at radius 2 is 1.60 bits per heavy atom. The summed E-state index contributed by atoms with van der Waals surface area (Å²) >= 11 is 0. The molecule has 3 amide bonds. The fourth-order valence-corrected chi connectivity index (χ4v) is 8.84. The van der Waals surface area contributed by atoms with E-state index in [9.17, 15) is 14.7 Å². The highest BCUT2D eigenvalue weighted by molar-refractivity contribution is 6.05. The zero-order valence-electron chi connectivity index (χ0n) is 31.6. The molecule has 0 aromatic heterocycles. The number of hydrogen-bond donors (Lipinski definition) is 2. The largest absolute Gasteiger partial charge is 0.455 e. The number of aliphatic hydroxyl groups excluding tert-OH is 1. The van der Waals surface area contributed by atoms with Gasteiger partial charge in [0.05, 0.1) is 30.7 Å². The van der Waals surface area contributed by atoms with Crippen molar-refractivity contribution in [3.8, 4) is 0 Å². The molecule has 2 fully saturated rings. The molecule has 288 valence electrons. The number of carbonyl (C=O) groups is 4. The predicted molar refractivity (Wildman–Crippen MR) is 209 cm³/mol. The third kappa shape index (κ3) is 7.18. The average Bonchev–Trinajstić information content (AvgIpc) is 3.59. The number of ether oxygens (including phenoxy) is 2. The maximum absolute atomic E-state index is 15.2. The van der Waals surface area contributed by atoms with Crippen molar-refractivity contribution < 1.29 is 33.8 Å². The standard InChI is InChI=1S/C44H50N4O7/c1-4-46(5-2)32-21-23-33(24-22-32)47-26-14-25-44-38(41(51)48(40(44)42(47)52)34(28-49)27-30-15-8-6-9-16-30)37-35(55-44)19-12-13-20-36(50)45-29(3)39(54-43(37)53)31-17-10-7-11-18-31/h6-12,14-19,21-25,29,34-35,37-40,49H,4-5,13,20,26-28H2,1-3H3,(H,45,50)/b19-12-/t29-,34-,35-,37+,38+,39+,40-,44+/m1/s1. The van der Waals surface area contributed by atoms with Crippen LogP contribution in [-0.2, 0) is 35.1 Å². The van der Waals surface area contributed by atoms with E-state index < -0.39 is 66.3 Å². The topological polar surface area (TPSA) is 129 Å². The molecule has 0 bridgehead atoms. The van der Waals surface area contributed by atoms with Crippen molar-refractivity contribution in [1.82, 2.24) is 10.2 Å². The summed E-state index contributed by atoms with van der Waals surface area (Å²) in [5, 5.41) is 14.0. The van der Waals surface area contributed by atoms with E-state index in [-0.39, 0.29) is 31.2 Å². The third-order valence-electron chi connectivity index (χ3n) is 11.5. The van der Waals surface area contributed by atoms with Gasteiger partial charge in [0.25, 0.3) is 5.91 Å². The Morgan fingerprint density at radius 1 is 0.909 bits per heavy atom. The van der Waals surface area contributed by atoms with Crippen molar-refractivity contribution in [2.45, 2.75) is 76.0 Å². The first kappa shape index (κ1) is 38.0. The Balaban J connectivity index is 1.32. The number of carbonyl (C=O) groups excluding carboxylic acids is 4. The number of rotatable bonds is 9. The van der Waals surface area contributed by atoms with Crippen LogP contribution in [0.4, 0.5) is 11.4 Å². The highest BCUT2D eigenvalue weighted by Crippen LogP contribution is 2.54. The van der Waals surface area contributed by atoms with Gasteiger partial charge in [-0.15, -0.1) is 0 Å². The van der Waals surface area contributed by atoms with Gasteiger partial charge in [-0.3, -0.25) is 19.2 Å². The van der Waals surface area contributed by atoms with Gasteiger partial charge in [-0.05, 0) is 69.0 Å². The molecule has 2 saturated heterocycles. The first-order chi connectivity index (χ1) is 26.7. The molecule has 3 aromatic rings. The average molecular weight is 747 g/mol. The Labute approximate surface area is 322 Å². The molecule has 8 atom stereocenters. The van der Waals surface area contributed by atoms with E-state index in [1.807, 2.05) is 91.0 Å². The molecule has 4 heterocycles. The number of hydrogen-bond acceptors (Lipinski definition) is 8. The highest BCUT2D eigenvalue weighted by atomic mass is 16.6. The minimum Gasteiger partial charge on any atom is -0.455 e. The van der Waals surface area contributed by atoms with Crippen LogP contribution >= 0.6 is 0 Å². The van der Waals surface area contributed by atoms with Crippen LogP contribution in [0, 0.1) is 11.8 Å². The van der Waals surface area contributed by atoms with Crippen LogP contribution in [0.3, 0.4) is 0 Å². The molecular formula is C44H50N4O7. The van der Waals surface area contributed by atoms with Crippen molar-refractivity contribution in [3.63, 3.8) is 0 Å². The zero-order valence-corrected chi connectivity index (χ0v) is 31.6. The van der Waals surface area contributed by atoms with Crippen molar-refractivity contribution in [2.75, 3.05) is 36.0 Å². The molecule has 1 spiro atoms. The Bertz CT molecular complexity index is 1910. The minimum atomic E-state index is -1.56. The number of likely N-dealkylation sites (tertiary alicyclic amines) is 1. The summed E-state index contributed by atoms with van der Waals surface area (Å²) in [6, 6.07) is 23.9. The molecule has 0 aliphatic carbocycles. The number of benzene rings is 3. The van der Waals surface area contributed by atoms with E-state index in [1.54, 1.807) is 30.1 Å². The predicted octanol–water partition coefficient (Wildman–Crippen LogP) is 4.76. The lowest BCUT2D eigenvalue weighted by molar-refractivity contribution is -0.161. The second-order valence-corrected chi connectivity index (χ2v) is 14.7. The molecule has 0 saturated carbocycles. The molecule has 2 N–H and O–H groups in total. The van der Waals surface area contributed by atoms with Gasteiger partial charge in [0.1, 0.15) is 23.7 Å². The van der Waals surface area contributed by atoms with Crippen molar-refractivity contribution >= 4 is 35.1 Å². The van der Waals surface area contributed by atoms with Crippen LogP contribution in [0.5, 0.6) is 0 Å². The fraction of sp³-hybridized carbons (Fsp3) is 0.409. The van der Waals surface area contributed by atoms with Crippen LogP contribution in [0.2, 0.25) is 0 Å². The molecule has 4 aliphatic heterocycles. The van der Waals surface area contributed by atoms with Crippen molar-refractivity contribution in [2.24, 2.45) is 11.8 Å². The molecule has 11 heteroatoms. The number of amides is 3. The summed E-state index contributed by atoms with van der Waals surface area (Å²) in [6.07, 6.45) is 6.22. The molecule has 55 heavy (non-hydrogen) atoms. The fourth-order valence-electron chi connectivity index (χ4n) is 8.84. The molecule has 4 aliphatic rings. The van der Waals surface area contributed by atoms with E-state index in [0.717, 1.165) is 24.3 Å². The summed E-state index contributed by atoms with van der Waals surface area (Å²) in [6.45, 7) is 7.44. The first-order valence-corrected chi connectivity index (χ1v) is 19.4. The van der Waals surface area contributed by atoms with Gasteiger partial charge in [-0.25, -0.2) is 0 Å². The van der Waals surface area contributed by atoms with E-state index in [4.69, 9.17) is 9.47 Å². The van der Waals surface area contributed by atoms with Gasteiger partial charge in [-0.1, -0.05) is 85.0 Å². The van der Waals surface area contributed by atoms with Crippen molar-refractivity contribution in [3.05, 3.63) is 120 Å². The number of aliphatic hydroxyl groups is 1. The normalized spacial score (nSPS) is 29.2. The monoisotopic (exact) mass is 746 g/mol. The van der Waals surface area contributed by atoms with Crippen LogP contribution in [0.15, 0.2) is 109 Å². The lowest BCUT2D eigenvalue weighted by atomic mass is 9.77. The van der Waals surface area contributed by atoms with Gasteiger partial charge in [0.2, 0.25) is 11.8 Å². The van der Waals surface area contributed by atoms with Gasteiger partial charge in [0, 0.05) is 37.4 Å². The van der Waals surface area contributed by atoms with E-state index in [2.05, 4.69) is 24.1 Å². The summed E-state index contributed by atoms with van der Waals surface area (Å²) in [7, 11) is 0. The summed E-state index contributed by atoms with van der Waals surface area (Å²) in [5.41, 5.74) is 1.70. The maximum atomic E-state index is 15.2. The molecular weight excluding hydrogens is 697 g/mol. The number of esters is 1. The number of nitrogens with one attached hydrogen (secondary N) is 1. The second kappa shape index (κ2) is 16.2. The molecule has 7 rings (SSSR count). The summed E-state index contributed by atoms with van der Waals surface area (Å²) in [4.78, 5) is 63.4. The number of nitrogens with zero attached hydrogens (tertiary/aromatic N) is 3. The number of allylic oxidation sites excluding steroid dienone is 1. The van der Waals surface area contributed by atoms with Crippen LogP contribution in [-0.4, -0.2) is 89.8 Å². The van der Waals surface area contributed by atoms with Crippen LogP contribution in [0.25, 0.3) is 0 Å². The minimum absolute atomic E-state index is 0.184. The van der Waals surface area contributed by atoms with E-state index >= 15 is 9.59 Å². The zero-order chi connectivity index (χ0) is 38.7. The number of cyclic esters (lactones) is 1. The lowest BCUT2D eigenvalue weighted by Crippen LogP contribution is -2.58. The van der Waals surface area contributed by atoms with Crippen LogP contribution < -0.4 is 15.1 Å². The quantitative estimate of drug-likeness (QED) is 0.237. The molecule has 0 radical (unpaired) electrons. The Kier molecular flexibility index (Phi) is 11.2. The van der Waals surface area contributed by atoms with E-state index in [0.29, 0.717) is 17.7 Å². The first-order valence-electron chi connectivity index (χ1n) is 19.4. The lowest BCUT2D eigenvalue weighted by Gasteiger charge is -2.38. The molecule has 0 unspecified atom stereocenters. The molecule has 3 aromatic carbocycles.